The van der Waals surface area contributed by atoms with Crippen molar-refractivity contribution in [3.05, 3.63) is 42.0 Å². The lowest BCUT2D eigenvalue weighted by atomic mass is 10.00. The lowest BCUT2D eigenvalue weighted by Gasteiger charge is -2.09. The molecule has 2 rings (SSSR count). The summed E-state index contributed by atoms with van der Waals surface area (Å²) in [6, 6.07) is 11.4. The third-order valence-corrected chi connectivity index (χ3v) is 3.71. The summed E-state index contributed by atoms with van der Waals surface area (Å²) in [5.41, 5.74) is 0.869. The molecule has 0 aliphatic heterocycles. The van der Waals surface area contributed by atoms with Crippen LogP contribution in [-0.2, 0) is 16.4 Å². The molecule has 2 N–H and O–H groups in total. The minimum atomic E-state index is -3.14. The zero-order valence-corrected chi connectivity index (χ0v) is 11.6. The molecule has 0 fully saturated rings. The number of benzene rings is 2. The Morgan fingerprint density at radius 3 is 2.63 bits per heavy atom. The highest BCUT2D eigenvalue weighted by atomic mass is 32.2. The number of hydrogen-bond donors (Lipinski definition) is 2. The molecule has 2 aromatic rings. The van der Waals surface area contributed by atoms with Gasteiger partial charge in [0.05, 0.1) is 6.26 Å². The van der Waals surface area contributed by atoms with Crippen molar-refractivity contribution in [3.63, 3.8) is 0 Å². The van der Waals surface area contributed by atoms with Crippen molar-refractivity contribution in [3.8, 4) is 5.75 Å². The van der Waals surface area contributed by atoms with Crippen LogP contribution in [0.15, 0.2) is 36.4 Å². The van der Waals surface area contributed by atoms with Crippen LogP contribution in [-0.4, -0.2) is 26.3 Å². The first-order valence-electron chi connectivity index (χ1n) is 6.11. The maximum Gasteiger partial charge on any atom is 0.208 e. The van der Waals surface area contributed by atoms with E-state index in [1.165, 1.54) is 0 Å². The maximum atomic E-state index is 11.0. The van der Waals surface area contributed by atoms with Gasteiger partial charge in [-0.2, -0.15) is 0 Å². The molecular weight excluding hydrogens is 262 g/mol. The van der Waals surface area contributed by atoms with Crippen LogP contribution in [0.5, 0.6) is 5.75 Å². The Kier molecular flexibility index (Phi) is 4.07. The van der Waals surface area contributed by atoms with Gasteiger partial charge < -0.3 is 5.11 Å². The molecule has 102 valence electrons. The van der Waals surface area contributed by atoms with Crippen molar-refractivity contribution in [2.75, 3.05) is 12.8 Å². The van der Waals surface area contributed by atoms with Gasteiger partial charge in [-0.05, 0) is 29.7 Å². The fraction of sp³-hybridized carbons (Fsp3) is 0.286. The Balaban J connectivity index is 2.14. The first kappa shape index (κ1) is 13.8. The molecule has 0 amide bonds. The van der Waals surface area contributed by atoms with Crippen molar-refractivity contribution < 1.29 is 13.5 Å². The monoisotopic (exact) mass is 279 g/mol. The van der Waals surface area contributed by atoms with Crippen LogP contribution in [0.4, 0.5) is 0 Å². The Morgan fingerprint density at radius 2 is 1.89 bits per heavy atom. The van der Waals surface area contributed by atoms with Crippen molar-refractivity contribution in [1.29, 1.82) is 0 Å². The van der Waals surface area contributed by atoms with Gasteiger partial charge in [0.15, 0.2) is 0 Å². The molecule has 0 aliphatic carbocycles. The van der Waals surface area contributed by atoms with Crippen LogP contribution in [0.1, 0.15) is 12.0 Å². The van der Waals surface area contributed by atoms with Gasteiger partial charge in [0, 0.05) is 12.1 Å². The van der Waals surface area contributed by atoms with Crippen LogP contribution in [0, 0.1) is 0 Å². The molecule has 0 radical (unpaired) electrons. The van der Waals surface area contributed by atoms with Gasteiger partial charge in [0.25, 0.3) is 0 Å². The fourth-order valence-corrected chi connectivity index (χ4v) is 2.63. The highest BCUT2D eigenvalue weighted by molar-refractivity contribution is 7.88. The van der Waals surface area contributed by atoms with Crippen LogP contribution in [0.3, 0.4) is 0 Å². The Morgan fingerprint density at radius 1 is 1.16 bits per heavy atom. The van der Waals surface area contributed by atoms with Crippen molar-refractivity contribution in [2.45, 2.75) is 12.8 Å². The highest BCUT2D eigenvalue weighted by Crippen LogP contribution is 2.27. The summed E-state index contributed by atoms with van der Waals surface area (Å²) >= 11 is 0. The summed E-state index contributed by atoms with van der Waals surface area (Å²) in [6.45, 7) is 0.376. The average Bonchev–Trinajstić information content (AvgIpc) is 2.35. The average molecular weight is 279 g/mol. The molecule has 5 heteroatoms. The number of hydrogen-bond acceptors (Lipinski definition) is 3. The summed E-state index contributed by atoms with van der Waals surface area (Å²) < 4.78 is 24.4. The molecule has 0 heterocycles. The lowest BCUT2D eigenvalue weighted by molar-refractivity contribution is 0.468. The molecule has 0 aliphatic rings. The van der Waals surface area contributed by atoms with Gasteiger partial charge in [-0.3, -0.25) is 0 Å². The summed E-state index contributed by atoms with van der Waals surface area (Å²) in [4.78, 5) is 0. The van der Waals surface area contributed by atoms with E-state index in [0.717, 1.165) is 22.6 Å². The van der Waals surface area contributed by atoms with Gasteiger partial charge in [-0.1, -0.05) is 30.3 Å². The smallest absolute Gasteiger partial charge is 0.208 e. The molecule has 0 unspecified atom stereocenters. The van der Waals surface area contributed by atoms with Crippen LogP contribution < -0.4 is 4.72 Å². The summed E-state index contributed by atoms with van der Waals surface area (Å²) in [7, 11) is -3.14. The number of phenolic OH excluding ortho intramolecular Hbond substituents is 1. The van der Waals surface area contributed by atoms with Gasteiger partial charge in [-0.25, -0.2) is 13.1 Å². The predicted molar refractivity (Wildman–Crippen MR) is 76.8 cm³/mol. The molecular formula is C14H17NO3S. The number of nitrogens with one attached hydrogen (secondary N) is 1. The number of aromatic hydroxyl groups is 1. The minimum absolute atomic E-state index is 0.262. The standard InChI is InChI=1S/C14H17NO3S/c1-19(17,18)15-10-4-7-13-12-6-3-2-5-11(12)8-9-14(13)16/h2-3,5-6,8-9,15-16H,4,7,10H2,1H3. The second kappa shape index (κ2) is 5.59. The fourth-order valence-electron chi connectivity index (χ4n) is 2.11. The van der Waals surface area contributed by atoms with E-state index in [0.29, 0.717) is 19.4 Å². The number of phenols is 1. The molecule has 19 heavy (non-hydrogen) atoms. The Labute approximate surface area is 113 Å². The second-order valence-electron chi connectivity index (χ2n) is 4.55. The van der Waals surface area contributed by atoms with Crippen LogP contribution >= 0.6 is 0 Å². The largest absolute Gasteiger partial charge is 0.508 e. The van der Waals surface area contributed by atoms with E-state index in [2.05, 4.69) is 4.72 Å². The van der Waals surface area contributed by atoms with E-state index in [1.54, 1.807) is 6.07 Å². The predicted octanol–water partition coefficient (Wildman–Crippen LogP) is 2.03. The van der Waals surface area contributed by atoms with E-state index in [4.69, 9.17) is 0 Å². The molecule has 0 aromatic heterocycles. The van der Waals surface area contributed by atoms with E-state index in [-0.39, 0.29) is 5.75 Å². The SMILES string of the molecule is CS(=O)(=O)NCCCc1c(O)ccc2ccccc12. The van der Waals surface area contributed by atoms with E-state index in [1.807, 2.05) is 30.3 Å². The van der Waals surface area contributed by atoms with E-state index < -0.39 is 10.0 Å². The lowest BCUT2D eigenvalue weighted by Crippen LogP contribution is -2.23. The normalized spacial score (nSPS) is 11.8. The number of rotatable bonds is 5. The van der Waals surface area contributed by atoms with Crippen molar-refractivity contribution in [1.82, 2.24) is 4.72 Å². The molecule has 0 spiro atoms. The van der Waals surface area contributed by atoms with E-state index in [9.17, 15) is 13.5 Å². The Hall–Kier alpha value is -1.59. The molecule has 0 saturated heterocycles. The van der Waals surface area contributed by atoms with Crippen LogP contribution in [0.25, 0.3) is 10.8 Å². The quantitative estimate of drug-likeness (QED) is 0.823. The zero-order chi connectivity index (χ0) is 13.9. The third-order valence-electron chi connectivity index (χ3n) is 2.98. The third kappa shape index (κ3) is 3.68. The van der Waals surface area contributed by atoms with Crippen LogP contribution in [0.2, 0.25) is 0 Å². The summed E-state index contributed by atoms with van der Waals surface area (Å²) in [6.07, 6.45) is 2.42. The first-order valence-corrected chi connectivity index (χ1v) is 8.01. The summed E-state index contributed by atoms with van der Waals surface area (Å²) in [5, 5.41) is 12.0. The van der Waals surface area contributed by atoms with Crippen molar-refractivity contribution >= 4 is 20.8 Å². The highest BCUT2D eigenvalue weighted by Gasteiger charge is 2.07. The Bertz CT molecular complexity index is 680. The van der Waals surface area contributed by atoms with Gasteiger partial charge in [0.1, 0.15) is 5.75 Å². The molecule has 4 nitrogen and oxygen atoms in total. The van der Waals surface area contributed by atoms with Gasteiger partial charge in [0.2, 0.25) is 10.0 Å². The second-order valence-corrected chi connectivity index (χ2v) is 6.39. The minimum Gasteiger partial charge on any atom is -0.508 e. The van der Waals surface area contributed by atoms with Crippen molar-refractivity contribution in [2.24, 2.45) is 0 Å². The maximum absolute atomic E-state index is 11.0. The molecule has 0 saturated carbocycles. The first-order chi connectivity index (χ1) is 8.97. The topological polar surface area (TPSA) is 66.4 Å². The van der Waals surface area contributed by atoms with Gasteiger partial charge >= 0.3 is 0 Å². The molecule has 0 atom stereocenters. The molecule has 0 bridgehead atoms. The zero-order valence-electron chi connectivity index (χ0n) is 10.8. The molecule has 2 aromatic carbocycles. The van der Waals surface area contributed by atoms with E-state index >= 15 is 0 Å². The number of fused-ring (bicyclic) bond motifs is 1. The number of sulfonamides is 1. The van der Waals surface area contributed by atoms with Gasteiger partial charge in [-0.15, -0.1) is 0 Å². The number of aryl methyl sites for hydroxylation is 1. The summed E-state index contributed by atoms with van der Waals surface area (Å²) in [5.74, 6) is 0.262.